The Morgan fingerprint density at radius 1 is 1.00 bits per heavy atom. The van der Waals surface area contributed by atoms with Crippen molar-refractivity contribution >= 4 is 11.8 Å². The fourth-order valence-corrected chi connectivity index (χ4v) is 6.16. The molecule has 5 rings (SSSR count). The van der Waals surface area contributed by atoms with Crippen LogP contribution in [0.15, 0.2) is 78.9 Å². The van der Waals surface area contributed by atoms with Gasteiger partial charge < -0.3 is 15.0 Å². The van der Waals surface area contributed by atoms with E-state index in [1.54, 1.807) is 4.90 Å². The summed E-state index contributed by atoms with van der Waals surface area (Å²) in [5.41, 5.74) is 3.74. The van der Waals surface area contributed by atoms with E-state index in [4.69, 9.17) is 4.74 Å². The molecule has 0 fully saturated rings. The molecule has 0 radical (unpaired) electrons. The van der Waals surface area contributed by atoms with Gasteiger partial charge in [-0.1, -0.05) is 71.9 Å². The topological polar surface area (TPSA) is 116 Å². The molecule has 3 aromatic carbocycles. The molecule has 2 unspecified atom stereocenters. The van der Waals surface area contributed by atoms with E-state index in [2.05, 4.69) is 58.5 Å². The number of H-pyrrole nitrogens is 1. The molecule has 10 heteroatoms. The molecule has 0 saturated heterocycles. The first kappa shape index (κ1) is 31.8. The third kappa shape index (κ3) is 7.94. The van der Waals surface area contributed by atoms with E-state index in [1.165, 1.54) is 0 Å². The zero-order valence-electron chi connectivity index (χ0n) is 26.5. The van der Waals surface area contributed by atoms with Gasteiger partial charge in [-0.05, 0) is 68.5 Å². The lowest BCUT2D eigenvalue weighted by atomic mass is 9.88. The smallest absolute Gasteiger partial charge is 0.247 e. The Labute approximate surface area is 265 Å². The third-order valence-electron chi connectivity index (χ3n) is 8.39. The van der Waals surface area contributed by atoms with E-state index < -0.39 is 12.0 Å². The van der Waals surface area contributed by atoms with Crippen molar-refractivity contribution in [3.8, 4) is 5.75 Å². The first-order valence-electron chi connectivity index (χ1n) is 15.7. The maximum absolute atomic E-state index is 14.5. The molecular formula is C35H43N7O3. The molecule has 0 saturated carbocycles. The number of aromatic nitrogens is 4. The van der Waals surface area contributed by atoms with Gasteiger partial charge in [0, 0.05) is 38.1 Å². The molecule has 2 amide bonds. The Morgan fingerprint density at radius 2 is 1.71 bits per heavy atom. The largest absolute Gasteiger partial charge is 0.489 e. The number of nitrogens with zero attached hydrogens (tertiary/aromatic N) is 5. The van der Waals surface area contributed by atoms with Gasteiger partial charge in [0.2, 0.25) is 11.8 Å². The number of fused-ring (bicyclic) bond motifs is 1. The Kier molecular flexibility index (Phi) is 10.6. The van der Waals surface area contributed by atoms with Crippen molar-refractivity contribution in [1.29, 1.82) is 0 Å². The third-order valence-corrected chi connectivity index (χ3v) is 8.39. The molecule has 1 aliphatic heterocycles. The SMILES string of the molecule is CC(C)N(CCNC(=O)C1c2ccc(OCc3ccccc3)cc2CCN1C(=O)C(Cc1nn[nH]n1)c1ccccc1)C(C)C. The quantitative estimate of drug-likeness (QED) is 0.230. The van der Waals surface area contributed by atoms with Gasteiger partial charge in [0.05, 0.1) is 5.92 Å². The van der Waals surface area contributed by atoms with Gasteiger partial charge in [0.15, 0.2) is 5.82 Å². The van der Waals surface area contributed by atoms with E-state index in [0.717, 1.165) is 28.0 Å². The minimum Gasteiger partial charge on any atom is -0.489 e. The highest BCUT2D eigenvalue weighted by Crippen LogP contribution is 2.35. The summed E-state index contributed by atoms with van der Waals surface area (Å²) in [5.74, 6) is 0.262. The number of hydrogen-bond donors (Lipinski definition) is 2. The van der Waals surface area contributed by atoms with Crippen LogP contribution in [0.5, 0.6) is 5.75 Å². The average molecular weight is 610 g/mol. The Hall–Kier alpha value is -4.57. The lowest BCUT2D eigenvalue weighted by Crippen LogP contribution is -2.50. The van der Waals surface area contributed by atoms with Gasteiger partial charge in [-0.15, -0.1) is 10.2 Å². The molecular weight excluding hydrogens is 566 g/mol. The van der Waals surface area contributed by atoms with Crippen molar-refractivity contribution < 1.29 is 14.3 Å². The molecule has 10 nitrogen and oxygen atoms in total. The molecule has 0 spiro atoms. The standard InChI is InChI=1S/C35H43N7O3/c1-24(2)41(25(3)4)20-18-36-34(43)33-30-16-15-29(45-23-26-11-7-5-8-12-26)21-28(30)17-19-42(33)35(44)31(22-32-37-39-40-38-32)27-13-9-6-10-14-27/h5-16,21,24-25,31,33H,17-20,22-23H2,1-4H3,(H,36,43)(H,37,38,39,40). The Bertz CT molecular complexity index is 1520. The number of benzene rings is 3. The molecule has 2 atom stereocenters. The van der Waals surface area contributed by atoms with Gasteiger partial charge in [-0.25, -0.2) is 0 Å². The molecule has 0 aliphatic carbocycles. The lowest BCUT2D eigenvalue weighted by molar-refractivity contribution is -0.142. The summed E-state index contributed by atoms with van der Waals surface area (Å²) in [6.45, 7) is 10.7. The van der Waals surface area contributed by atoms with Crippen LogP contribution in [0.1, 0.15) is 67.7 Å². The maximum Gasteiger partial charge on any atom is 0.247 e. The maximum atomic E-state index is 14.5. The summed E-state index contributed by atoms with van der Waals surface area (Å²) < 4.78 is 6.11. The molecule has 0 bridgehead atoms. The minimum atomic E-state index is -0.785. The number of carbonyl (C=O) groups excluding carboxylic acids is 2. The number of carbonyl (C=O) groups is 2. The summed E-state index contributed by atoms with van der Waals surface area (Å²) in [6, 6.07) is 25.4. The van der Waals surface area contributed by atoms with Gasteiger partial charge in [0.25, 0.3) is 0 Å². The summed E-state index contributed by atoms with van der Waals surface area (Å²) >= 11 is 0. The number of rotatable bonds is 13. The normalized spacial score (nSPS) is 15.3. The van der Waals surface area contributed by atoms with Gasteiger partial charge >= 0.3 is 0 Å². The summed E-state index contributed by atoms with van der Waals surface area (Å²) in [7, 11) is 0. The van der Waals surface area contributed by atoms with E-state index in [9.17, 15) is 9.59 Å². The number of aromatic amines is 1. The molecule has 1 aromatic heterocycles. The molecule has 1 aliphatic rings. The number of ether oxygens (including phenoxy) is 1. The first-order valence-corrected chi connectivity index (χ1v) is 15.7. The monoisotopic (exact) mass is 609 g/mol. The number of hydrogen-bond acceptors (Lipinski definition) is 7. The number of tetrazole rings is 1. The summed E-state index contributed by atoms with van der Waals surface area (Å²) in [5, 5.41) is 17.6. The molecule has 45 heavy (non-hydrogen) atoms. The number of nitrogens with one attached hydrogen (secondary N) is 2. The molecule has 4 aromatic rings. The van der Waals surface area contributed by atoms with Gasteiger partial charge in [-0.3, -0.25) is 14.5 Å². The lowest BCUT2D eigenvalue weighted by Gasteiger charge is -2.38. The van der Waals surface area contributed by atoms with E-state index in [1.807, 2.05) is 78.9 Å². The fourth-order valence-electron chi connectivity index (χ4n) is 6.16. The van der Waals surface area contributed by atoms with E-state index >= 15 is 0 Å². The van der Waals surface area contributed by atoms with Crippen LogP contribution in [-0.4, -0.2) is 74.0 Å². The van der Waals surface area contributed by atoms with Crippen molar-refractivity contribution in [3.63, 3.8) is 0 Å². The van der Waals surface area contributed by atoms with Crippen molar-refractivity contribution in [2.45, 2.75) is 71.2 Å². The second-order valence-corrected chi connectivity index (χ2v) is 12.0. The fraction of sp³-hybridized carbons (Fsp3) is 0.400. The van der Waals surface area contributed by atoms with Gasteiger partial charge in [0.1, 0.15) is 18.4 Å². The molecule has 2 N–H and O–H groups in total. The highest BCUT2D eigenvalue weighted by molar-refractivity contribution is 5.92. The average Bonchev–Trinajstić information content (AvgIpc) is 3.57. The number of amides is 2. The zero-order valence-corrected chi connectivity index (χ0v) is 26.5. The summed E-state index contributed by atoms with van der Waals surface area (Å²) in [6.07, 6.45) is 0.868. The highest BCUT2D eigenvalue weighted by Gasteiger charge is 2.39. The second kappa shape index (κ2) is 14.9. The first-order chi connectivity index (χ1) is 21.8. The highest BCUT2D eigenvalue weighted by atomic mass is 16.5. The van der Waals surface area contributed by atoms with Crippen molar-refractivity contribution in [2.24, 2.45) is 0 Å². The second-order valence-electron chi connectivity index (χ2n) is 12.0. The van der Waals surface area contributed by atoms with E-state index in [0.29, 0.717) is 50.6 Å². The van der Waals surface area contributed by atoms with Crippen molar-refractivity contribution in [2.75, 3.05) is 19.6 Å². The minimum absolute atomic E-state index is 0.146. The van der Waals surface area contributed by atoms with Crippen molar-refractivity contribution in [1.82, 2.24) is 35.7 Å². The molecule has 2 heterocycles. The van der Waals surface area contributed by atoms with Crippen LogP contribution in [0.25, 0.3) is 0 Å². The van der Waals surface area contributed by atoms with Crippen LogP contribution in [0.4, 0.5) is 0 Å². The Balaban J connectivity index is 1.42. The van der Waals surface area contributed by atoms with E-state index in [-0.39, 0.29) is 18.2 Å². The van der Waals surface area contributed by atoms with Crippen LogP contribution >= 0.6 is 0 Å². The van der Waals surface area contributed by atoms with Crippen LogP contribution in [0.2, 0.25) is 0 Å². The zero-order chi connectivity index (χ0) is 31.8. The summed E-state index contributed by atoms with van der Waals surface area (Å²) in [4.78, 5) is 32.6. The molecule has 236 valence electrons. The Morgan fingerprint density at radius 3 is 2.38 bits per heavy atom. The van der Waals surface area contributed by atoms with Crippen LogP contribution in [-0.2, 0) is 29.0 Å². The van der Waals surface area contributed by atoms with Crippen LogP contribution in [0.3, 0.4) is 0 Å². The van der Waals surface area contributed by atoms with Crippen LogP contribution < -0.4 is 10.1 Å². The van der Waals surface area contributed by atoms with Crippen LogP contribution in [0, 0.1) is 0 Å². The van der Waals surface area contributed by atoms with Crippen molar-refractivity contribution in [3.05, 3.63) is 107 Å². The predicted octanol–water partition coefficient (Wildman–Crippen LogP) is 4.47. The predicted molar refractivity (Wildman–Crippen MR) is 172 cm³/mol. The van der Waals surface area contributed by atoms with Gasteiger partial charge in [-0.2, -0.15) is 5.21 Å².